The fourth-order valence-electron chi connectivity index (χ4n) is 2.88. The van der Waals surface area contributed by atoms with Crippen LogP contribution in [-0.4, -0.2) is 22.2 Å². The Hall–Kier alpha value is -1.73. The van der Waals surface area contributed by atoms with Crippen molar-refractivity contribution in [2.24, 2.45) is 0 Å². The molecule has 3 rings (SSSR count). The van der Waals surface area contributed by atoms with Crippen molar-refractivity contribution >= 4 is 51.3 Å². The van der Waals surface area contributed by atoms with Crippen molar-refractivity contribution < 1.29 is 9.90 Å². The normalized spacial score (nSPS) is 11.1. The van der Waals surface area contributed by atoms with Gasteiger partial charge in [0, 0.05) is 41.2 Å². The van der Waals surface area contributed by atoms with Crippen LogP contribution < -0.4 is 5.32 Å². The predicted molar refractivity (Wildman–Crippen MR) is 114 cm³/mol. The van der Waals surface area contributed by atoms with Gasteiger partial charge in [0.15, 0.2) is 0 Å². The number of fused-ring (bicyclic) bond motifs is 1. The lowest BCUT2D eigenvalue weighted by Gasteiger charge is -2.10. The summed E-state index contributed by atoms with van der Waals surface area (Å²) < 4.78 is 2.64. The van der Waals surface area contributed by atoms with E-state index < -0.39 is 0 Å². The monoisotopic (exact) mass is 420 g/mol. The SMILES string of the molecule is CCn1cc(C(=O)NCc2ccc(Cl)cc2)c(=S)c2cc(CCCO)sc21. The first-order valence-electron chi connectivity index (χ1n) is 8.82. The van der Waals surface area contributed by atoms with E-state index in [0.29, 0.717) is 21.6 Å². The lowest BCUT2D eigenvalue weighted by Crippen LogP contribution is -2.24. The molecule has 2 N–H and O–H groups in total. The van der Waals surface area contributed by atoms with E-state index in [4.69, 9.17) is 28.9 Å². The summed E-state index contributed by atoms with van der Waals surface area (Å²) in [5, 5.41) is 13.6. The highest BCUT2D eigenvalue weighted by Crippen LogP contribution is 2.29. The van der Waals surface area contributed by atoms with Crippen molar-refractivity contribution in [1.29, 1.82) is 0 Å². The Bertz CT molecular complexity index is 1010. The van der Waals surface area contributed by atoms with E-state index in [1.807, 2.05) is 25.3 Å². The van der Waals surface area contributed by atoms with Gasteiger partial charge < -0.3 is 15.0 Å². The van der Waals surface area contributed by atoms with E-state index in [1.54, 1.807) is 23.5 Å². The fraction of sp³-hybridized carbons (Fsp3) is 0.300. The van der Waals surface area contributed by atoms with Gasteiger partial charge in [0.2, 0.25) is 0 Å². The number of carbonyl (C=O) groups is 1. The van der Waals surface area contributed by atoms with Crippen LogP contribution in [0.4, 0.5) is 0 Å². The van der Waals surface area contributed by atoms with Crippen LogP contribution in [0.3, 0.4) is 0 Å². The maximum Gasteiger partial charge on any atom is 0.254 e. The van der Waals surface area contributed by atoms with Gasteiger partial charge in [0.1, 0.15) is 4.83 Å². The van der Waals surface area contributed by atoms with Gasteiger partial charge >= 0.3 is 0 Å². The number of nitrogens with one attached hydrogen (secondary N) is 1. The number of pyridine rings is 1. The van der Waals surface area contributed by atoms with Crippen LogP contribution in [0.1, 0.15) is 34.1 Å². The molecule has 0 unspecified atom stereocenters. The van der Waals surface area contributed by atoms with Crippen LogP contribution in [0.5, 0.6) is 0 Å². The van der Waals surface area contributed by atoms with Gasteiger partial charge in [0.05, 0.1) is 10.1 Å². The zero-order valence-corrected chi connectivity index (χ0v) is 17.4. The molecule has 0 spiro atoms. The largest absolute Gasteiger partial charge is 0.396 e. The molecule has 7 heteroatoms. The van der Waals surface area contributed by atoms with Gasteiger partial charge in [-0.2, -0.15) is 0 Å². The molecule has 0 saturated heterocycles. The van der Waals surface area contributed by atoms with Crippen LogP contribution in [-0.2, 0) is 19.5 Å². The molecule has 0 radical (unpaired) electrons. The van der Waals surface area contributed by atoms with Crippen LogP contribution in [0.2, 0.25) is 5.02 Å². The quantitative estimate of drug-likeness (QED) is 0.531. The lowest BCUT2D eigenvalue weighted by atomic mass is 10.2. The molecule has 0 fully saturated rings. The van der Waals surface area contributed by atoms with Gasteiger partial charge in [0.25, 0.3) is 5.91 Å². The number of hydrogen-bond acceptors (Lipinski definition) is 4. The fourth-order valence-corrected chi connectivity index (χ4v) is 4.61. The van der Waals surface area contributed by atoms with E-state index in [0.717, 1.165) is 35.2 Å². The van der Waals surface area contributed by atoms with E-state index in [9.17, 15) is 4.79 Å². The summed E-state index contributed by atoms with van der Waals surface area (Å²) >= 11 is 13.2. The Morgan fingerprint density at radius 3 is 2.74 bits per heavy atom. The highest BCUT2D eigenvalue weighted by atomic mass is 35.5. The van der Waals surface area contributed by atoms with Crippen molar-refractivity contribution in [2.45, 2.75) is 32.9 Å². The topological polar surface area (TPSA) is 54.3 Å². The van der Waals surface area contributed by atoms with Crippen molar-refractivity contribution in [3.8, 4) is 0 Å². The molecule has 2 aromatic heterocycles. The van der Waals surface area contributed by atoms with E-state index in [1.165, 1.54) is 4.88 Å². The Morgan fingerprint density at radius 2 is 2.07 bits per heavy atom. The molecule has 3 aromatic rings. The molecular formula is C20H21ClN2O2S2. The number of thiophene rings is 1. The zero-order chi connectivity index (χ0) is 19.4. The number of aryl methyl sites for hydroxylation is 2. The maximum atomic E-state index is 12.7. The maximum absolute atomic E-state index is 12.7. The van der Waals surface area contributed by atoms with E-state index in [2.05, 4.69) is 16.0 Å². The molecule has 27 heavy (non-hydrogen) atoms. The first-order valence-corrected chi connectivity index (χ1v) is 10.4. The number of aliphatic hydroxyl groups excluding tert-OH is 1. The van der Waals surface area contributed by atoms with Crippen molar-refractivity contribution in [1.82, 2.24) is 9.88 Å². The van der Waals surface area contributed by atoms with Crippen LogP contribution in [0.15, 0.2) is 36.5 Å². The molecule has 0 aliphatic rings. The minimum Gasteiger partial charge on any atom is -0.396 e. The summed E-state index contributed by atoms with van der Waals surface area (Å²) in [6, 6.07) is 9.44. The number of carbonyl (C=O) groups excluding carboxylic acids is 1. The van der Waals surface area contributed by atoms with Crippen LogP contribution in [0, 0.1) is 4.51 Å². The van der Waals surface area contributed by atoms with Gasteiger partial charge in [-0.05, 0) is 43.5 Å². The zero-order valence-electron chi connectivity index (χ0n) is 15.0. The molecule has 0 bridgehead atoms. The number of halogens is 1. The van der Waals surface area contributed by atoms with Gasteiger partial charge in [-0.3, -0.25) is 4.79 Å². The number of rotatable bonds is 7. The number of amides is 1. The molecule has 0 saturated carbocycles. The summed E-state index contributed by atoms with van der Waals surface area (Å²) in [7, 11) is 0. The van der Waals surface area contributed by atoms with Crippen molar-refractivity contribution in [3.63, 3.8) is 0 Å². The van der Waals surface area contributed by atoms with E-state index in [-0.39, 0.29) is 12.5 Å². The van der Waals surface area contributed by atoms with Crippen molar-refractivity contribution in [2.75, 3.05) is 6.61 Å². The Labute approximate surface area is 172 Å². The lowest BCUT2D eigenvalue weighted by molar-refractivity contribution is 0.0950. The molecule has 0 aliphatic carbocycles. The minimum absolute atomic E-state index is 0.168. The predicted octanol–water partition coefficient (Wildman–Crippen LogP) is 4.96. The average molecular weight is 421 g/mol. The molecular weight excluding hydrogens is 400 g/mol. The Morgan fingerprint density at radius 1 is 1.33 bits per heavy atom. The summed E-state index contributed by atoms with van der Waals surface area (Å²) in [4.78, 5) is 15.0. The third-order valence-electron chi connectivity index (χ3n) is 4.33. The second-order valence-electron chi connectivity index (χ2n) is 6.23. The number of benzene rings is 1. The van der Waals surface area contributed by atoms with Gasteiger partial charge in [-0.25, -0.2) is 0 Å². The molecule has 2 heterocycles. The third kappa shape index (κ3) is 4.58. The molecule has 4 nitrogen and oxygen atoms in total. The molecule has 0 atom stereocenters. The average Bonchev–Trinajstić information content (AvgIpc) is 3.11. The highest BCUT2D eigenvalue weighted by Gasteiger charge is 2.15. The second kappa shape index (κ2) is 8.97. The third-order valence-corrected chi connectivity index (χ3v) is 6.26. The van der Waals surface area contributed by atoms with Gasteiger partial charge in [-0.1, -0.05) is 36.0 Å². The first-order chi connectivity index (χ1) is 13.0. The molecule has 0 aliphatic heterocycles. The number of aromatic nitrogens is 1. The smallest absolute Gasteiger partial charge is 0.254 e. The van der Waals surface area contributed by atoms with Crippen LogP contribution >= 0.6 is 35.2 Å². The minimum atomic E-state index is -0.179. The molecule has 1 aromatic carbocycles. The summed E-state index contributed by atoms with van der Waals surface area (Å²) in [5.41, 5.74) is 1.49. The first kappa shape index (κ1) is 20.0. The Kier molecular flexibility index (Phi) is 6.65. The standard InChI is InChI=1S/C20H21ClN2O2S2/c1-2-23-12-17(19(25)22-11-13-5-7-14(21)8-6-13)18(26)16-10-15(4-3-9-24)27-20(16)23/h5-8,10,12,24H,2-4,9,11H2,1H3,(H,22,25). The number of hydrogen-bond donors (Lipinski definition) is 2. The van der Waals surface area contributed by atoms with Crippen molar-refractivity contribution in [3.05, 3.63) is 62.1 Å². The van der Waals surface area contributed by atoms with E-state index >= 15 is 0 Å². The summed E-state index contributed by atoms with van der Waals surface area (Å²) in [6.07, 6.45) is 3.38. The Balaban J connectivity index is 1.88. The van der Waals surface area contributed by atoms with Crippen LogP contribution in [0.25, 0.3) is 10.2 Å². The summed E-state index contributed by atoms with van der Waals surface area (Å²) in [6.45, 7) is 3.38. The van der Waals surface area contributed by atoms with Gasteiger partial charge in [-0.15, -0.1) is 11.3 Å². The summed E-state index contributed by atoms with van der Waals surface area (Å²) in [5.74, 6) is -0.179. The number of nitrogens with zero attached hydrogens (tertiary/aromatic N) is 1. The molecule has 1 amide bonds. The highest BCUT2D eigenvalue weighted by molar-refractivity contribution is 7.71. The second-order valence-corrected chi connectivity index (χ2v) is 8.19. The number of aliphatic hydroxyl groups is 1. The molecule has 142 valence electrons.